The van der Waals surface area contributed by atoms with Crippen LogP contribution < -0.4 is 10.6 Å². The van der Waals surface area contributed by atoms with Crippen molar-refractivity contribution >= 4 is 5.96 Å². The second kappa shape index (κ2) is 6.88. The third kappa shape index (κ3) is 3.10. The van der Waals surface area contributed by atoms with Gasteiger partial charge in [0, 0.05) is 37.6 Å². The maximum atomic E-state index is 12.8. The Morgan fingerprint density at radius 3 is 2.46 bits per heavy atom. The van der Waals surface area contributed by atoms with Crippen molar-refractivity contribution in [1.29, 1.82) is 0 Å². The molecule has 0 amide bonds. The maximum absolute atomic E-state index is 12.8. The first-order valence-corrected chi connectivity index (χ1v) is 10.1. The lowest BCUT2D eigenvalue weighted by molar-refractivity contribution is -0.183. The molecular weight excluding hydrogens is 343 g/mol. The summed E-state index contributed by atoms with van der Waals surface area (Å²) in [6.07, 6.45) is 3.03. The van der Waals surface area contributed by atoms with Gasteiger partial charge in [-0.3, -0.25) is 4.99 Å². The van der Waals surface area contributed by atoms with Crippen molar-refractivity contribution in [3.05, 3.63) is 0 Å². The lowest BCUT2D eigenvalue weighted by Gasteiger charge is -2.63. The van der Waals surface area contributed by atoms with Gasteiger partial charge >= 0.3 is 6.18 Å². The van der Waals surface area contributed by atoms with E-state index in [9.17, 15) is 13.2 Å². The summed E-state index contributed by atoms with van der Waals surface area (Å²) in [6.45, 7) is 1.57. The van der Waals surface area contributed by atoms with Gasteiger partial charge in [-0.25, -0.2) is 0 Å². The smallest absolute Gasteiger partial charge is 0.377 e. The number of nitrogens with one attached hydrogen (secondary N) is 2. The molecule has 0 aromatic carbocycles. The topological polar surface area (TPSA) is 45.7 Å². The van der Waals surface area contributed by atoms with Crippen LogP contribution in [0.5, 0.6) is 0 Å². The molecule has 0 bridgehead atoms. The first kappa shape index (κ1) is 18.4. The molecule has 0 aromatic heterocycles. The van der Waals surface area contributed by atoms with Gasteiger partial charge in [0.25, 0.3) is 0 Å². The van der Waals surface area contributed by atoms with Gasteiger partial charge in [0.1, 0.15) is 0 Å². The largest absolute Gasteiger partial charge is 0.391 e. The highest BCUT2D eigenvalue weighted by Crippen LogP contribution is 2.62. The molecule has 4 nitrogen and oxygen atoms in total. The van der Waals surface area contributed by atoms with Crippen molar-refractivity contribution in [3.8, 4) is 0 Å². The molecule has 4 aliphatic rings. The van der Waals surface area contributed by atoms with E-state index in [1.165, 1.54) is 19.3 Å². The van der Waals surface area contributed by atoms with Crippen molar-refractivity contribution < 1.29 is 17.9 Å². The Balaban J connectivity index is 1.26. The Labute approximate surface area is 153 Å². The molecule has 4 rings (SSSR count). The van der Waals surface area contributed by atoms with Crippen LogP contribution in [-0.2, 0) is 4.74 Å². The quantitative estimate of drug-likeness (QED) is 0.588. The maximum Gasteiger partial charge on any atom is 0.391 e. The minimum Gasteiger partial charge on any atom is -0.377 e. The van der Waals surface area contributed by atoms with E-state index in [2.05, 4.69) is 15.6 Å². The van der Waals surface area contributed by atoms with Crippen molar-refractivity contribution in [2.75, 3.05) is 20.2 Å². The number of ether oxygens (including phenoxy) is 1. The second-order valence-electron chi connectivity index (χ2n) is 8.67. The fraction of sp³-hybridized carbons (Fsp3) is 0.947. The number of hydrogen-bond donors (Lipinski definition) is 2. The Bertz CT molecular complexity index is 539. The van der Waals surface area contributed by atoms with Gasteiger partial charge in [-0.1, -0.05) is 6.42 Å². The number of nitrogens with zero attached hydrogens (tertiary/aromatic N) is 1. The predicted octanol–water partition coefficient (Wildman–Crippen LogP) is 3.48. The number of guanidine groups is 1. The standard InChI is InChI=1S/C19H30F3N3O/c1-23-17(24-11-12-3-5-13(6-4-12)19(20,21)22)25-15-14-7-10-26-16(14)18(15)8-2-9-18/h12-16H,2-11H2,1H3,(H2,23,24,25). The Morgan fingerprint density at radius 2 is 1.88 bits per heavy atom. The van der Waals surface area contributed by atoms with Crippen LogP contribution in [0.4, 0.5) is 13.2 Å². The monoisotopic (exact) mass is 373 g/mol. The SMILES string of the molecule is CN=C(NCC1CCC(C(F)(F)F)CC1)NC1C2CCOC2C12CCC2. The summed E-state index contributed by atoms with van der Waals surface area (Å²) in [5, 5.41) is 6.99. The molecule has 1 aliphatic heterocycles. The van der Waals surface area contributed by atoms with E-state index in [4.69, 9.17) is 4.74 Å². The van der Waals surface area contributed by atoms with Gasteiger partial charge in [-0.2, -0.15) is 13.2 Å². The molecule has 1 heterocycles. The molecule has 4 fully saturated rings. The molecule has 3 unspecified atom stereocenters. The molecule has 1 spiro atoms. The number of hydrogen-bond acceptors (Lipinski definition) is 2. The predicted molar refractivity (Wildman–Crippen MR) is 93.9 cm³/mol. The molecule has 3 saturated carbocycles. The van der Waals surface area contributed by atoms with E-state index in [0.717, 1.165) is 19.0 Å². The molecule has 1 saturated heterocycles. The summed E-state index contributed by atoms with van der Waals surface area (Å²) in [6, 6.07) is 0.427. The number of aliphatic imine (C=N–C) groups is 1. The number of alkyl halides is 3. The van der Waals surface area contributed by atoms with Crippen LogP contribution in [-0.4, -0.2) is 44.5 Å². The molecule has 3 atom stereocenters. The van der Waals surface area contributed by atoms with Crippen LogP contribution in [0, 0.1) is 23.2 Å². The summed E-state index contributed by atoms with van der Waals surface area (Å²) < 4.78 is 44.3. The van der Waals surface area contributed by atoms with Gasteiger partial charge in [0.2, 0.25) is 0 Å². The summed E-state index contributed by atoms with van der Waals surface area (Å²) in [7, 11) is 1.77. The molecule has 26 heavy (non-hydrogen) atoms. The molecule has 148 valence electrons. The van der Waals surface area contributed by atoms with E-state index < -0.39 is 12.1 Å². The van der Waals surface area contributed by atoms with E-state index in [1.54, 1.807) is 7.05 Å². The van der Waals surface area contributed by atoms with Gasteiger partial charge in [0.05, 0.1) is 12.0 Å². The average molecular weight is 373 g/mol. The molecule has 0 radical (unpaired) electrons. The molecule has 7 heteroatoms. The first-order chi connectivity index (χ1) is 12.4. The third-order valence-electron chi connectivity index (χ3n) is 7.42. The Hall–Kier alpha value is -0.980. The summed E-state index contributed by atoms with van der Waals surface area (Å²) in [5.74, 6) is 0.568. The highest BCUT2D eigenvalue weighted by Gasteiger charge is 2.66. The summed E-state index contributed by atoms with van der Waals surface area (Å²) in [4.78, 5) is 4.36. The highest BCUT2D eigenvalue weighted by atomic mass is 19.4. The average Bonchev–Trinajstić information content (AvgIpc) is 2.98. The summed E-state index contributed by atoms with van der Waals surface area (Å²) in [5.41, 5.74) is 0.295. The Kier molecular flexibility index (Phi) is 4.86. The van der Waals surface area contributed by atoms with Crippen molar-refractivity contribution in [2.24, 2.45) is 28.2 Å². The van der Waals surface area contributed by atoms with E-state index >= 15 is 0 Å². The number of fused-ring (bicyclic) bond motifs is 2. The zero-order valence-electron chi connectivity index (χ0n) is 15.4. The van der Waals surface area contributed by atoms with Crippen LogP contribution >= 0.6 is 0 Å². The lowest BCUT2D eigenvalue weighted by atomic mass is 9.46. The normalized spacial score (nSPS) is 39.1. The zero-order valence-corrected chi connectivity index (χ0v) is 15.4. The second-order valence-corrected chi connectivity index (χ2v) is 8.67. The number of halogens is 3. The van der Waals surface area contributed by atoms with Gasteiger partial charge in [-0.15, -0.1) is 0 Å². The minimum absolute atomic E-state index is 0.259. The molecule has 0 aromatic rings. The van der Waals surface area contributed by atoms with Crippen LogP contribution in [0.2, 0.25) is 0 Å². The van der Waals surface area contributed by atoms with Crippen molar-refractivity contribution in [2.45, 2.75) is 69.7 Å². The Morgan fingerprint density at radius 1 is 1.15 bits per heavy atom. The van der Waals surface area contributed by atoms with Gasteiger partial charge in [-0.05, 0) is 50.9 Å². The van der Waals surface area contributed by atoms with E-state index in [-0.39, 0.29) is 12.8 Å². The van der Waals surface area contributed by atoms with Crippen molar-refractivity contribution in [3.63, 3.8) is 0 Å². The van der Waals surface area contributed by atoms with Gasteiger partial charge < -0.3 is 15.4 Å². The van der Waals surface area contributed by atoms with Crippen LogP contribution in [0.25, 0.3) is 0 Å². The first-order valence-electron chi connectivity index (χ1n) is 10.1. The lowest BCUT2D eigenvalue weighted by Crippen LogP contribution is -2.72. The third-order valence-corrected chi connectivity index (χ3v) is 7.42. The molecule has 2 N–H and O–H groups in total. The van der Waals surface area contributed by atoms with Gasteiger partial charge in [0.15, 0.2) is 5.96 Å². The fourth-order valence-corrected chi connectivity index (χ4v) is 5.73. The fourth-order valence-electron chi connectivity index (χ4n) is 5.73. The van der Waals surface area contributed by atoms with E-state index in [1.807, 2.05) is 0 Å². The van der Waals surface area contributed by atoms with Crippen molar-refractivity contribution in [1.82, 2.24) is 10.6 Å². The van der Waals surface area contributed by atoms with Crippen LogP contribution in [0.15, 0.2) is 4.99 Å². The molecular formula is C19H30F3N3O. The minimum atomic E-state index is -4.03. The number of rotatable bonds is 3. The zero-order chi connectivity index (χ0) is 18.4. The summed E-state index contributed by atoms with van der Waals surface area (Å²) >= 11 is 0. The van der Waals surface area contributed by atoms with Crippen LogP contribution in [0.1, 0.15) is 51.4 Å². The van der Waals surface area contributed by atoms with Crippen LogP contribution in [0.3, 0.4) is 0 Å². The molecule has 3 aliphatic carbocycles. The highest BCUT2D eigenvalue weighted by molar-refractivity contribution is 5.80. The van der Waals surface area contributed by atoms with E-state index in [0.29, 0.717) is 48.8 Å².